The third kappa shape index (κ3) is 4.35. The molecule has 0 spiro atoms. The van der Waals surface area contributed by atoms with Gasteiger partial charge in [-0.1, -0.05) is 17.7 Å². The minimum Gasteiger partial charge on any atom is -0.495 e. The van der Waals surface area contributed by atoms with Crippen molar-refractivity contribution in [3.05, 3.63) is 82.3 Å². The molecular weight excluding hydrogens is 432 g/mol. The first-order chi connectivity index (χ1) is 15.2. The van der Waals surface area contributed by atoms with Crippen LogP contribution in [0.25, 0.3) is 11.0 Å². The normalized spacial score (nSPS) is 11.3. The van der Waals surface area contributed by atoms with Gasteiger partial charge in [0.05, 0.1) is 18.1 Å². The van der Waals surface area contributed by atoms with E-state index in [1.165, 1.54) is 25.3 Å². The summed E-state index contributed by atoms with van der Waals surface area (Å²) >= 11 is 0. The van der Waals surface area contributed by atoms with E-state index < -0.39 is 15.9 Å². The van der Waals surface area contributed by atoms with Gasteiger partial charge in [-0.2, -0.15) is 0 Å². The summed E-state index contributed by atoms with van der Waals surface area (Å²) in [4.78, 5) is 29.3. The van der Waals surface area contributed by atoms with Crippen LogP contribution in [0, 0.1) is 6.92 Å². The minimum atomic E-state index is -4.02. The smallest absolute Gasteiger partial charge is 0.323 e. The highest BCUT2D eigenvalue weighted by Crippen LogP contribution is 2.27. The molecule has 1 amide bonds. The maximum Gasteiger partial charge on any atom is 0.323 e. The monoisotopic (exact) mass is 452 g/mol. The number of ether oxygens (including phenoxy) is 1. The Morgan fingerprint density at radius 2 is 1.59 bits per heavy atom. The van der Waals surface area contributed by atoms with Crippen LogP contribution < -0.4 is 20.5 Å². The molecule has 9 nitrogen and oxygen atoms in total. The summed E-state index contributed by atoms with van der Waals surface area (Å²) in [5.74, 6) is -0.413. The highest BCUT2D eigenvalue weighted by molar-refractivity contribution is 7.92. The zero-order chi connectivity index (χ0) is 22.9. The van der Waals surface area contributed by atoms with Crippen LogP contribution in [0.3, 0.4) is 0 Å². The lowest BCUT2D eigenvalue weighted by atomic mass is 10.2. The van der Waals surface area contributed by atoms with Gasteiger partial charge < -0.3 is 20.0 Å². The Balaban J connectivity index is 1.63. The van der Waals surface area contributed by atoms with Gasteiger partial charge in [0.1, 0.15) is 10.6 Å². The molecule has 0 saturated heterocycles. The molecule has 0 aliphatic heterocycles. The van der Waals surface area contributed by atoms with E-state index in [1.54, 1.807) is 42.5 Å². The molecule has 0 aliphatic carbocycles. The summed E-state index contributed by atoms with van der Waals surface area (Å²) in [5, 5.41) is 2.70. The second-order valence-corrected chi connectivity index (χ2v) is 8.78. The van der Waals surface area contributed by atoms with Crippen LogP contribution in [-0.4, -0.2) is 31.4 Å². The number of imidazole rings is 1. The summed E-state index contributed by atoms with van der Waals surface area (Å²) in [7, 11) is -2.67. The number of aromatic nitrogens is 2. The van der Waals surface area contributed by atoms with Crippen LogP contribution in [0.5, 0.6) is 5.75 Å². The zero-order valence-corrected chi connectivity index (χ0v) is 18.0. The van der Waals surface area contributed by atoms with E-state index in [0.717, 1.165) is 5.56 Å². The van der Waals surface area contributed by atoms with Gasteiger partial charge in [0.2, 0.25) is 0 Å². The van der Waals surface area contributed by atoms with E-state index in [9.17, 15) is 18.0 Å². The van der Waals surface area contributed by atoms with E-state index in [2.05, 4.69) is 20.0 Å². The van der Waals surface area contributed by atoms with Crippen molar-refractivity contribution in [2.24, 2.45) is 0 Å². The minimum absolute atomic E-state index is 0.104. The third-order valence-corrected chi connectivity index (χ3v) is 6.20. The molecule has 10 heteroatoms. The molecule has 0 bridgehead atoms. The number of fused-ring (bicyclic) bond motifs is 1. The summed E-state index contributed by atoms with van der Waals surface area (Å²) in [6.45, 7) is 1.90. The number of benzene rings is 3. The second-order valence-electron chi connectivity index (χ2n) is 7.13. The molecule has 3 aromatic carbocycles. The molecule has 1 heterocycles. The Morgan fingerprint density at radius 1 is 0.906 bits per heavy atom. The summed E-state index contributed by atoms with van der Waals surface area (Å²) in [6.07, 6.45) is 0. The number of nitrogens with one attached hydrogen (secondary N) is 4. The van der Waals surface area contributed by atoms with E-state index in [-0.39, 0.29) is 21.9 Å². The number of aromatic amines is 2. The summed E-state index contributed by atoms with van der Waals surface area (Å²) in [6, 6.07) is 15.9. The number of H-pyrrole nitrogens is 2. The van der Waals surface area contributed by atoms with Crippen molar-refractivity contribution in [2.45, 2.75) is 11.8 Å². The molecule has 164 valence electrons. The highest BCUT2D eigenvalue weighted by Gasteiger charge is 2.22. The first kappa shape index (κ1) is 21.2. The van der Waals surface area contributed by atoms with E-state index >= 15 is 0 Å². The first-order valence-corrected chi connectivity index (χ1v) is 11.0. The number of methoxy groups -OCH3 is 1. The van der Waals surface area contributed by atoms with E-state index in [1.807, 2.05) is 6.92 Å². The lowest BCUT2D eigenvalue weighted by molar-refractivity contribution is 0.102. The lowest BCUT2D eigenvalue weighted by Crippen LogP contribution is -2.17. The van der Waals surface area contributed by atoms with Crippen molar-refractivity contribution < 1.29 is 17.9 Å². The van der Waals surface area contributed by atoms with Crippen molar-refractivity contribution in [3.8, 4) is 5.75 Å². The van der Waals surface area contributed by atoms with Crippen molar-refractivity contribution >= 4 is 38.3 Å². The molecule has 1 aromatic heterocycles. The van der Waals surface area contributed by atoms with E-state index in [4.69, 9.17) is 4.74 Å². The zero-order valence-electron chi connectivity index (χ0n) is 17.2. The van der Waals surface area contributed by atoms with Crippen LogP contribution in [0.2, 0.25) is 0 Å². The van der Waals surface area contributed by atoms with Crippen LogP contribution in [0.4, 0.5) is 11.4 Å². The Kier molecular flexibility index (Phi) is 5.45. The predicted octanol–water partition coefficient (Wildman–Crippen LogP) is 3.23. The van der Waals surface area contributed by atoms with Gasteiger partial charge in [0.25, 0.3) is 15.9 Å². The van der Waals surface area contributed by atoms with Crippen LogP contribution in [0.1, 0.15) is 15.9 Å². The number of sulfonamides is 1. The number of carbonyl (C=O) groups is 1. The Labute approximate surface area is 183 Å². The molecule has 0 unspecified atom stereocenters. The van der Waals surface area contributed by atoms with Crippen molar-refractivity contribution in [1.82, 2.24) is 9.97 Å². The lowest BCUT2D eigenvalue weighted by Gasteiger charge is -2.13. The Hall–Kier alpha value is -4.05. The maximum absolute atomic E-state index is 13.0. The third-order valence-electron chi connectivity index (χ3n) is 4.79. The second kappa shape index (κ2) is 8.23. The molecule has 4 aromatic rings. The molecule has 4 N–H and O–H groups in total. The van der Waals surface area contributed by atoms with Crippen LogP contribution in [-0.2, 0) is 10.0 Å². The molecule has 0 radical (unpaired) electrons. The average Bonchev–Trinajstić information content (AvgIpc) is 3.14. The van der Waals surface area contributed by atoms with Gasteiger partial charge in [-0.05, 0) is 55.5 Å². The topological polar surface area (TPSA) is 133 Å². The summed E-state index contributed by atoms with van der Waals surface area (Å²) < 4.78 is 33.7. The molecular formula is C22H20N4O5S. The Bertz CT molecular complexity index is 1470. The number of anilines is 2. The van der Waals surface area contributed by atoms with E-state index in [0.29, 0.717) is 22.4 Å². The number of hydrogen-bond acceptors (Lipinski definition) is 5. The molecule has 32 heavy (non-hydrogen) atoms. The fourth-order valence-electron chi connectivity index (χ4n) is 3.17. The molecule has 0 saturated carbocycles. The highest BCUT2D eigenvalue weighted by atomic mass is 32.2. The molecule has 4 rings (SSSR count). The van der Waals surface area contributed by atoms with Gasteiger partial charge >= 0.3 is 5.69 Å². The van der Waals surface area contributed by atoms with Gasteiger partial charge in [-0.25, -0.2) is 13.2 Å². The fourth-order valence-corrected chi connectivity index (χ4v) is 4.43. The average molecular weight is 452 g/mol. The maximum atomic E-state index is 13.0. The SMILES string of the molecule is COc1ccc(C(=O)Nc2ccc3[nH]c(=O)[nH]c3c2)cc1S(=O)(=O)Nc1ccc(C)cc1. The van der Waals surface area contributed by atoms with Crippen LogP contribution in [0.15, 0.2) is 70.4 Å². The largest absolute Gasteiger partial charge is 0.495 e. The Morgan fingerprint density at radius 3 is 2.31 bits per heavy atom. The van der Waals surface area contributed by atoms with Crippen LogP contribution >= 0.6 is 0 Å². The van der Waals surface area contributed by atoms with Crippen molar-refractivity contribution in [3.63, 3.8) is 0 Å². The first-order valence-electron chi connectivity index (χ1n) is 9.56. The van der Waals surface area contributed by atoms with Gasteiger partial charge in [0.15, 0.2) is 0 Å². The fraction of sp³-hybridized carbons (Fsp3) is 0.0909. The number of aryl methyl sites for hydroxylation is 1. The molecule has 0 fully saturated rings. The molecule has 0 aliphatic rings. The quantitative estimate of drug-likeness (QED) is 0.356. The number of carbonyl (C=O) groups excluding carboxylic acids is 1. The van der Waals surface area contributed by atoms with Crippen molar-refractivity contribution in [2.75, 3.05) is 17.1 Å². The standard InChI is InChI=1S/C22H20N4O5S/c1-13-3-6-15(7-4-13)26-32(29,30)20-11-14(5-10-19(20)31-2)21(27)23-16-8-9-17-18(12-16)25-22(28)24-17/h3-12,26H,1-2H3,(H,23,27)(H2,24,25,28). The van der Waals surface area contributed by atoms with Crippen molar-refractivity contribution in [1.29, 1.82) is 0 Å². The molecule has 0 atom stereocenters. The number of amides is 1. The van der Waals surface area contributed by atoms with Gasteiger partial charge in [-0.3, -0.25) is 9.52 Å². The predicted molar refractivity (Wildman–Crippen MR) is 122 cm³/mol. The number of hydrogen-bond donors (Lipinski definition) is 4. The van der Waals surface area contributed by atoms with Gasteiger partial charge in [0, 0.05) is 16.9 Å². The summed E-state index contributed by atoms with van der Waals surface area (Å²) in [5.41, 5.74) is 2.73. The van der Waals surface area contributed by atoms with Gasteiger partial charge in [-0.15, -0.1) is 0 Å². The number of rotatable bonds is 6.